The average molecular weight is 674 g/mol. The number of aromatic nitrogens is 2. The summed E-state index contributed by atoms with van der Waals surface area (Å²) in [5.41, 5.74) is 6.34. The Hall–Kier alpha value is -4.64. The van der Waals surface area contributed by atoms with E-state index in [1.165, 1.54) is 24.7 Å². The Morgan fingerprint density at radius 3 is 2.16 bits per heavy atom. The van der Waals surface area contributed by atoms with Crippen molar-refractivity contribution in [3.63, 3.8) is 0 Å². The number of carbonyl (C=O) groups is 1. The molecule has 0 saturated carbocycles. The largest absolute Gasteiger partial charge is 0.619 e. The number of pyridine rings is 2. The van der Waals surface area contributed by atoms with Crippen molar-refractivity contribution >= 4 is 11.6 Å². The standard InChI is InChI=1S/C38H42F3N5O3/c1-27-23-31(30-11-19-45(48)20-12-30)24-28(2)35(27)36(47)43-21-15-37(3,16-22-43)44-17-13-32(14-18-44)46(26-29-7-5-4-6-8-29)33-9-10-34(42-25-33)49-38(39,40)41/h4-12,19-20,23-25,32H,13-18,21-22,26H2,1-3H3. The molecule has 2 aromatic carbocycles. The molecule has 0 atom stereocenters. The van der Waals surface area contributed by atoms with Crippen LogP contribution in [-0.2, 0) is 6.54 Å². The number of aryl methyl sites for hydroxylation is 2. The second-order valence-electron chi connectivity index (χ2n) is 13.5. The lowest BCUT2D eigenvalue weighted by Gasteiger charge is -2.50. The van der Waals surface area contributed by atoms with Gasteiger partial charge in [-0.05, 0) is 80.3 Å². The van der Waals surface area contributed by atoms with Crippen molar-refractivity contribution in [2.24, 2.45) is 0 Å². The number of hydrogen-bond donors (Lipinski definition) is 0. The molecule has 0 radical (unpaired) electrons. The molecule has 11 heteroatoms. The number of hydrogen-bond acceptors (Lipinski definition) is 6. The van der Waals surface area contributed by atoms with Crippen molar-refractivity contribution in [1.82, 2.24) is 14.8 Å². The predicted octanol–water partition coefficient (Wildman–Crippen LogP) is 7.06. The number of likely N-dealkylation sites (tertiary alicyclic amines) is 2. The molecule has 4 heterocycles. The second kappa shape index (κ2) is 14.1. The van der Waals surface area contributed by atoms with E-state index in [1.807, 2.05) is 49.1 Å². The summed E-state index contributed by atoms with van der Waals surface area (Å²) in [5, 5.41) is 11.5. The summed E-state index contributed by atoms with van der Waals surface area (Å²) < 4.78 is 43.0. The van der Waals surface area contributed by atoms with Crippen LogP contribution in [0.5, 0.6) is 5.88 Å². The first-order valence-corrected chi connectivity index (χ1v) is 16.8. The van der Waals surface area contributed by atoms with E-state index < -0.39 is 12.2 Å². The van der Waals surface area contributed by atoms with E-state index >= 15 is 0 Å². The zero-order valence-corrected chi connectivity index (χ0v) is 28.1. The highest BCUT2D eigenvalue weighted by Crippen LogP contribution is 2.35. The van der Waals surface area contributed by atoms with Crippen LogP contribution < -0.4 is 14.4 Å². The fourth-order valence-corrected chi connectivity index (χ4v) is 7.39. The number of ether oxygens (including phenoxy) is 1. The summed E-state index contributed by atoms with van der Waals surface area (Å²) in [5.74, 6) is -0.415. The SMILES string of the molecule is Cc1cc(-c2cc[n+]([O-])cc2)cc(C)c1C(=O)N1CCC(C)(N2CCC(N(Cc3ccccc3)c3ccc(OC(F)(F)F)nc3)CC2)CC1. The van der Waals surface area contributed by atoms with Crippen LogP contribution in [0.3, 0.4) is 0 Å². The topological polar surface area (TPSA) is 75.9 Å². The van der Waals surface area contributed by atoms with Crippen LogP contribution in [0.2, 0.25) is 0 Å². The number of anilines is 1. The smallest absolute Gasteiger partial charge is 0.574 e. The minimum Gasteiger partial charge on any atom is -0.619 e. The zero-order chi connectivity index (χ0) is 34.8. The van der Waals surface area contributed by atoms with Gasteiger partial charge < -0.3 is 19.7 Å². The Bertz CT molecular complexity index is 1710. The van der Waals surface area contributed by atoms with Gasteiger partial charge in [0.1, 0.15) is 0 Å². The highest BCUT2D eigenvalue weighted by atomic mass is 19.4. The van der Waals surface area contributed by atoms with Crippen molar-refractivity contribution in [2.45, 2.75) is 70.9 Å². The molecule has 0 bridgehead atoms. The summed E-state index contributed by atoms with van der Waals surface area (Å²) in [6.07, 6.45) is 3.16. The van der Waals surface area contributed by atoms with Gasteiger partial charge in [0.2, 0.25) is 5.88 Å². The maximum absolute atomic E-state index is 13.8. The van der Waals surface area contributed by atoms with Gasteiger partial charge in [-0.3, -0.25) is 9.69 Å². The van der Waals surface area contributed by atoms with Crippen molar-refractivity contribution in [1.29, 1.82) is 0 Å². The molecule has 6 rings (SSSR count). The van der Waals surface area contributed by atoms with Crippen LogP contribution >= 0.6 is 0 Å². The number of amides is 1. The van der Waals surface area contributed by atoms with Crippen molar-refractivity contribution < 1.29 is 27.4 Å². The number of benzene rings is 2. The van der Waals surface area contributed by atoms with Crippen molar-refractivity contribution in [3.8, 4) is 17.0 Å². The maximum atomic E-state index is 13.8. The molecule has 0 aliphatic carbocycles. The number of halogens is 3. The first kappa shape index (κ1) is 34.2. The first-order chi connectivity index (χ1) is 23.4. The highest BCUT2D eigenvalue weighted by molar-refractivity contribution is 5.98. The minimum atomic E-state index is -4.79. The maximum Gasteiger partial charge on any atom is 0.574 e. The summed E-state index contributed by atoms with van der Waals surface area (Å²) in [4.78, 5) is 24.5. The van der Waals surface area contributed by atoms with Gasteiger partial charge in [0, 0.05) is 68.1 Å². The van der Waals surface area contributed by atoms with E-state index in [2.05, 4.69) is 38.6 Å². The molecule has 0 unspecified atom stereocenters. The molecule has 4 aromatic rings. The van der Waals surface area contributed by atoms with Crippen molar-refractivity contribution in [3.05, 3.63) is 113 Å². The monoisotopic (exact) mass is 673 g/mol. The average Bonchev–Trinajstić information content (AvgIpc) is 3.08. The molecule has 2 aromatic heterocycles. The molecule has 0 spiro atoms. The van der Waals surface area contributed by atoms with Gasteiger partial charge in [0.25, 0.3) is 5.91 Å². The lowest BCUT2D eigenvalue weighted by Crippen LogP contribution is -2.58. The lowest BCUT2D eigenvalue weighted by molar-refractivity contribution is -0.605. The number of rotatable bonds is 8. The quantitative estimate of drug-likeness (QED) is 0.147. The summed E-state index contributed by atoms with van der Waals surface area (Å²) in [6, 6.07) is 20.7. The fourth-order valence-electron chi connectivity index (χ4n) is 7.39. The minimum absolute atomic E-state index is 0.0379. The number of carbonyl (C=O) groups excluding carboxylic acids is 1. The van der Waals surface area contributed by atoms with E-state index in [0.29, 0.717) is 19.6 Å². The molecule has 49 heavy (non-hydrogen) atoms. The van der Waals surface area contributed by atoms with E-state index in [-0.39, 0.29) is 17.5 Å². The highest BCUT2D eigenvalue weighted by Gasteiger charge is 2.40. The molecule has 2 aliphatic heterocycles. The normalized spacial score (nSPS) is 17.1. The lowest BCUT2D eigenvalue weighted by atomic mass is 9.84. The van der Waals surface area contributed by atoms with Gasteiger partial charge in [-0.1, -0.05) is 42.5 Å². The Labute approximate surface area is 285 Å². The molecule has 2 fully saturated rings. The van der Waals surface area contributed by atoms with Crippen LogP contribution in [0.25, 0.3) is 11.1 Å². The third-order valence-electron chi connectivity index (χ3n) is 10.1. The Morgan fingerprint density at radius 2 is 1.59 bits per heavy atom. The van der Waals surface area contributed by atoms with Crippen LogP contribution in [0.15, 0.2) is 85.3 Å². The molecular formula is C38H42F3N5O3. The molecular weight excluding hydrogens is 631 g/mol. The third-order valence-corrected chi connectivity index (χ3v) is 10.1. The third kappa shape index (κ3) is 7.99. The molecule has 1 amide bonds. The van der Waals surface area contributed by atoms with Gasteiger partial charge in [-0.2, -0.15) is 4.73 Å². The van der Waals surface area contributed by atoms with Gasteiger partial charge in [0.05, 0.1) is 11.9 Å². The van der Waals surface area contributed by atoms with Gasteiger partial charge in [-0.15, -0.1) is 13.2 Å². The molecule has 258 valence electrons. The predicted molar refractivity (Wildman–Crippen MR) is 182 cm³/mol. The van der Waals surface area contributed by atoms with E-state index in [9.17, 15) is 23.2 Å². The molecule has 0 N–H and O–H groups in total. The van der Waals surface area contributed by atoms with Crippen LogP contribution in [0.4, 0.5) is 18.9 Å². The summed E-state index contributed by atoms with van der Waals surface area (Å²) in [7, 11) is 0. The summed E-state index contributed by atoms with van der Waals surface area (Å²) >= 11 is 0. The number of nitrogens with zero attached hydrogens (tertiary/aromatic N) is 5. The van der Waals surface area contributed by atoms with Crippen LogP contribution in [0.1, 0.15) is 59.7 Å². The Kier molecular flexibility index (Phi) is 9.83. The number of alkyl halides is 3. The molecule has 2 aliphatic rings. The van der Waals surface area contributed by atoms with E-state index in [0.717, 1.165) is 82.6 Å². The fraction of sp³-hybridized carbons (Fsp3) is 0.395. The van der Waals surface area contributed by atoms with Crippen LogP contribution in [0, 0.1) is 19.1 Å². The van der Waals surface area contributed by atoms with E-state index in [4.69, 9.17) is 0 Å². The van der Waals surface area contributed by atoms with Gasteiger partial charge in [-0.25, -0.2) is 4.98 Å². The zero-order valence-electron chi connectivity index (χ0n) is 28.1. The van der Waals surface area contributed by atoms with Crippen molar-refractivity contribution in [2.75, 3.05) is 31.1 Å². The first-order valence-electron chi connectivity index (χ1n) is 16.8. The second-order valence-corrected chi connectivity index (χ2v) is 13.5. The number of piperidine rings is 2. The summed E-state index contributed by atoms with van der Waals surface area (Å²) in [6.45, 7) is 9.99. The van der Waals surface area contributed by atoms with Gasteiger partial charge >= 0.3 is 6.36 Å². The van der Waals surface area contributed by atoms with Crippen LogP contribution in [-0.4, -0.2) is 64.8 Å². The van der Waals surface area contributed by atoms with Gasteiger partial charge in [0.15, 0.2) is 12.4 Å². The Balaban J connectivity index is 1.09. The Morgan fingerprint density at radius 1 is 0.959 bits per heavy atom. The molecule has 8 nitrogen and oxygen atoms in total. The van der Waals surface area contributed by atoms with E-state index in [1.54, 1.807) is 18.2 Å². The molecule has 2 saturated heterocycles.